The maximum Gasteiger partial charge on any atom is 0.433 e. The summed E-state index contributed by atoms with van der Waals surface area (Å²) in [5.74, 6) is -0.523. The molecule has 128 valence electrons. The Kier molecular flexibility index (Phi) is 6.28. The first-order valence-corrected chi connectivity index (χ1v) is 6.67. The second kappa shape index (κ2) is 7.75. The number of aryl methyl sites for hydroxylation is 1. The predicted octanol–water partition coefficient (Wildman–Crippen LogP) is 1.21. The average Bonchev–Trinajstić information content (AvgIpc) is 2.45. The highest BCUT2D eigenvalue weighted by atomic mass is 19.4. The first-order valence-electron chi connectivity index (χ1n) is 6.67. The van der Waals surface area contributed by atoms with Crippen molar-refractivity contribution in [3.63, 3.8) is 0 Å². The van der Waals surface area contributed by atoms with E-state index < -0.39 is 29.9 Å². The van der Waals surface area contributed by atoms with Crippen LogP contribution in [-0.2, 0) is 22.1 Å². The second-order valence-electron chi connectivity index (χ2n) is 4.71. The Bertz CT molecular complexity index is 578. The Balaban J connectivity index is 2.57. The molecular weight excluding hydrogens is 317 g/mol. The SMILES string of the molecule is COC(=O)NC(C)C(=O)NCCc1nc(C)cc(C(F)(F)F)n1. The zero-order valence-electron chi connectivity index (χ0n) is 12.8. The number of ether oxygens (including phenoxy) is 1. The van der Waals surface area contributed by atoms with Crippen molar-refractivity contribution >= 4 is 12.0 Å². The maximum absolute atomic E-state index is 12.6. The van der Waals surface area contributed by atoms with E-state index in [0.29, 0.717) is 0 Å². The van der Waals surface area contributed by atoms with Gasteiger partial charge in [-0.15, -0.1) is 0 Å². The van der Waals surface area contributed by atoms with E-state index in [-0.39, 0.29) is 24.5 Å². The van der Waals surface area contributed by atoms with Gasteiger partial charge in [-0.3, -0.25) is 4.79 Å². The Hall–Kier alpha value is -2.39. The number of halogens is 3. The topological polar surface area (TPSA) is 93.2 Å². The van der Waals surface area contributed by atoms with E-state index in [0.717, 1.165) is 13.2 Å². The molecule has 7 nitrogen and oxygen atoms in total. The van der Waals surface area contributed by atoms with Crippen molar-refractivity contribution in [2.75, 3.05) is 13.7 Å². The minimum atomic E-state index is -4.55. The van der Waals surface area contributed by atoms with Crippen LogP contribution in [0.1, 0.15) is 24.1 Å². The number of amides is 2. The van der Waals surface area contributed by atoms with Crippen LogP contribution < -0.4 is 10.6 Å². The number of carbonyl (C=O) groups is 2. The molecule has 0 aliphatic carbocycles. The van der Waals surface area contributed by atoms with Gasteiger partial charge in [-0.25, -0.2) is 14.8 Å². The van der Waals surface area contributed by atoms with Crippen molar-refractivity contribution in [3.8, 4) is 0 Å². The lowest BCUT2D eigenvalue weighted by Gasteiger charge is -2.13. The van der Waals surface area contributed by atoms with Gasteiger partial charge >= 0.3 is 12.3 Å². The quantitative estimate of drug-likeness (QED) is 0.844. The summed E-state index contributed by atoms with van der Waals surface area (Å²) < 4.78 is 42.3. The minimum Gasteiger partial charge on any atom is -0.453 e. The van der Waals surface area contributed by atoms with Gasteiger partial charge in [-0.1, -0.05) is 0 Å². The monoisotopic (exact) mass is 334 g/mol. The van der Waals surface area contributed by atoms with Gasteiger partial charge in [0.1, 0.15) is 17.6 Å². The molecule has 0 radical (unpaired) electrons. The predicted molar refractivity (Wildman–Crippen MR) is 73.5 cm³/mol. The minimum absolute atomic E-state index is 0.0220. The Morgan fingerprint density at radius 2 is 2.00 bits per heavy atom. The van der Waals surface area contributed by atoms with Crippen LogP contribution in [0.25, 0.3) is 0 Å². The van der Waals surface area contributed by atoms with Crippen LogP contribution in [0.2, 0.25) is 0 Å². The lowest BCUT2D eigenvalue weighted by atomic mass is 10.3. The maximum atomic E-state index is 12.6. The zero-order valence-corrected chi connectivity index (χ0v) is 12.8. The molecule has 0 aliphatic rings. The molecule has 0 saturated heterocycles. The molecule has 1 unspecified atom stereocenters. The van der Waals surface area contributed by atoms with Crippen LogP contribution in [0, 0.1) is 6.92 Å². The summed E-state index contributed by atoms with van der Waals surface area (Å²) in [5, 5.41) is 4.73. The van der Waals surface area contributed by atoms with E-state index >= 15 is 0 Å². The molecule has 1 aromatic heterocycles. The number of methoxy groups -OCH3 is 1. The fraction of sp³-hybridized carbons (Fsp3) is 0.538. The highest BCUT2D eigenvalue weighted by Crippen LogP contribution is 2.27. The molecule has 0 aliphatic heterocycles. The summed E-state index contributed by atoms with van der Waals surface area (Å²) in [6, 6.07) is 0.0105. The van der Waals surface area contributed by atoms with E-state index in [1.807, 2.05) is 0 Å². The van der Waals surface area contributed by atoms with Crippen molar-refractivity contribution < 1.29 is 27.5 Å². The van der Waals surface area contributed by atoms with Crippen LogP contribution in [0.5, 0.6) is 0 Å². The molecule has 0 saturated carbocycles. The molecular formula is C13H17F3N4O3. The van der Waals surface area contributed by atoms with Gasteiger partial charge in [-0.05, 0) is 19.9 Å². The highest BCUT2D eigenvalue weighted by Gasteiger charge is 2.33. The number of nitrogens with one attached hydrogen (secondary N) is 2. The molecule has 0 spiro atoms. The molecule has 0 bridgehead atoms. The van der Waals surface area contributed by atoms with Crippen molar-refractivity contribution in [1.29, 1.82) is 0 Å². The van der Waals surface area contributed by atoms with E-state index in [9.17, 15) is 22.8 Å². The standard InChI is InChI=1S/C13H17F3N4O3/c1-7-6-9(13(14,15)16)20-10(18-7)4-5-17-11(21)8(2)19-12(22)23-3/h6,8H,4-5H2,1-3H3,(H,17,21)(H,19,22). The van der Waals surface area contributed by atoms with Crippen LogP contribution in [-0.4, -0.2) is 41.7 Å². The number of rotatable bonds is 5. The number of aromatic nitrogens is 2. The van der Waals surface area contributed by atoms with Gasteiger partial charge in [0, 0.05) is 18.7 Å². The lowest BCUT2D eigenvalue weighted by Crippen LogP contribution is -2.45. The normalized spacial score (nSPS) is 12.4. The number of alkyl carbamates (subject to hydrolysis) is 1. The third kappa shape index (κ3) is 6.09. The third-order valence-corrected chi connectivity index (χ3v) is 2.75. The Morgan fingerprint density at radius 3 is 2.57 bits per heavy atom. The van der Waals surface area contributed by atoms with Gasteiger partial charge in [0.05, 0.1) is 7.11 Å². The van der Waals surface area contributed by atoms with Crippen molar-refractivity contribution in [1.82, 2.24) is 20.6 Å². The molecule has 0 fully saturated rings. The molecule has 1 aromatic rings. The van der Waals surface area contributed by atoms with E-state index in [1.165, 1.54) is 13.8 Å². The summed E-state index contributed by atoms with van der Waals surface area (Å²) in [7, 11) is 1.16. The van der Waals surface area contributed by atoms with Crippen molar-refractivity contribution in [2.24, 2.45) is 0 Å². The summed E-state index contributed by atoms with van der Waals surface area (Å²) in [6.45, 7) is 2.91. The largest absolute Gasteiger partial charge is 0.453 e. The molecule has 10 heteroatoms. The van der Waals surface area contributed by atoms with E-state index in [1.54, 1.807) is 0 Å². The van der Waals surface area contributed by atoms with Crippen LogP contribution in [0.4, 0.5) is 18.0 Å². The number of hydrogen-bond acceptors (Lipinski definition) is 5. The van der Waals surface area contributed by atoms with Gasteiger partial charge in [0.15, 0.2) is 0 Å². The van der Waals surface area contributed by atoms with Gasteiger partial charge < -0.3 is 15.4 Å². The molecule has 1 atom stereocenters. The fourth-order valence-electron chi connectivity index (χ4n) is 1.64. The molecule has 2 amide bonds. The fourth-order valence-corrected chi connectivity index (χ4v) is 1.64. The lowest BCUT2D eigenvalue weighted by molar-refractivity contribution is -0.141. The van der Waals surface area contributed by atoms with Gasteiger partial charge in [-0.2, -0.15) is 13.2 Å². The van der Waals surface area contributed by atoms with Crippen LogP contribution in [0.3, 0.4) is 0 Å². The Labute approximate surface area is 130 Å². The molecule has 2 N–H and O–H groups in total. The number of carbonyl (C=O) groups excluding carboxylic acids is 2. The van der Waals surface area contributed by atoms with Crippen molar-refractivity contribution in [2.45, 2.75) is 32.5 Å². The van der Waals surface area contributed by atoms with Crippen molar-refractivity contribution in [3.05, 3.63) is 23.3 Å². The summed E-state index contributed by atoms with van der Waals surface area (Å²) in [5.41, 5.74) is -0.832. The average molecular weight is 334 g/mol. The summed E-state index contributed by atoms with van der Waals surface area (Å²) in [4.78, 5) is 30.0. The Morgan fingerprint density at radius 1 is 1.35 bits per heavy atom. The number of hydrogen-bond donors (Lipinski definition) is 2. The smallest absolute Gasteiger partial charge is 0.433 e. The molecule has 0 aromatic carbocycles. The summed E-state index contributed by atoms with van der Waals surface area (Å²) in [6.07, 6.45) is -5.28. The van der Waals surface area contributed by atoms with E-state index in [2.05, 4.69) is 25.3 Å². The zero-order chi connectivity index (χ0) is 17.6. The number of alkyl halides is 3. The first kappa shape index (κ1) is 18.7. The molecule has 1 rings (SSSR count). The van der Waals surface area contributed by atoms with Gasteiger partial charge in [0.2, 0.25) is 5.91 Å². The van der Waals surface area contributed by atoms with Crippen LogP contribution >= 0.6 is 0 Å². The summed E-state index contributed by atoms with van der Waals surface area (Å²) >= 11 is 0. The first-order chi connectivity index (χ1) is 10.6. The number of nitrogens with zero attached hydrogens (tertiary/aromatic N) is 2. The van der Waals surface area contributed by atoms with Gasteiger partial charge in [0.25, 0.3) is 0 Å². The second-order valence-corrected chi connectivity index (χ2v) is 4.71. The molecule has 1 heterocycles. The molecule has 23 heavy (non-hydrogen) atoms. The third-order valence-electron chi connectivity index (χ3n) is 2.75. The van der Waals surface area contributed by atoms with Crippen LogP contribution in [0.15, 0.2) is 6.07 Å². The van der Waals surface area contributed by atoms with E-state index in [4.69, 9.17) is 0 Å². The highest BCUT2D eigenvalue weighted by molar-refractivity contribution is 5.85.